The number of rotatable bonds is 7. The summed E-state index contributed by atoms with van der Waals surface area (Å²) in [6.45, 7) is 4.21. The highest BCUT2D eigenvalue weighted by Gasteiger charge is 2.26. The number of ether oxygens (including phenoxy) is 2. The summed E-state index contributed by atoms with van der Waals surface area (Å²) in [5.41, 5.74) is 0. The lowest BCUT2D eigenvalue weighted by molar-refractivity contribution is 0.0322. The molecule has 2 heterocycles. The maximum absolute atomic E-state index is 12.0. The number of hydrogen-bond acceptors (Lipinski definition) is 5. The highest BCUT2D eigenvalue weighted by Crippen LogP contribution is 2.14. The lowest BCUT2D eigenvalue weighted by atomic mass is 10.1. The summed E-state index contributed by atoms with van der Waals surface area (Å²) in [6, 6.07) is 0. The van der Waals surface area contributed by atoms with Gasteiger partial charge in [0, 0.05) is 26.4 Å². The van der Waals surface area contributed by atoms with Crippen molar-refractivity contribution in [3.05, 3.63) is 0 Å². The van der Waals surface area contributed by atoms with E-state index in [1.807, 2.05) is 0 Å². The molecule has 0 aromatic carbocycles. The third-order valence-electron chi connectivity index (χ3n) is 3.87. The molecule has 118 valence electrons. The van der Waals surface area contributed by atoms with Gasteiger partial charge in [-0.05, 0) is 45.2 Å². The molecule has 0 aromatic heterocycles. The van der Waals surface area contributed by atoms with Gasteiger partial charge in [-0.3, -0.25) is 0 Å². The molecule has 0 aliphatic carbocycles. The van der Waals surface area contributed by atoms with Gasteiger partial charge >= 0.3 is 0 Å². The number of hydrogen-bond donors (Lipinski definition) is 2. The van der Waals surface area contributed by atoms with Gasteiger partial charge in [-0.15, -0.1) is 0 Å². The molecule has 0 unspecified atom stereocenters. The summed E-state index contributed by atoms with van der Waals surface area (Å²) < 4.78 is 37.7. The molecule has 0 radical (unpaired) electrons. The zero-order chi connectivity index (χ0) is 14.3. The van der Waals surface area contributed by atoms with E-state index >= 15 is 0 Å². The average molecular weight is 306 g/mol. The zero-order valence-corrected chi connectivity index (χ0v) is 12.8. The fraction of sp³-hybridized carbons (Fsp3) is 1.00. The number of piperidine rings is 1. The molecule has 0 amide bonds. The van der Waals surface area contributed by atoms with E-state index in [4.69, 9.17) is 9.47 Å². The Labute approximate surface area is 121 Å². The Balaban J connectivity index is 1.57. The maximum Gasteiger partial charge on any atom is 0.214 e. The maximum atomic E-state index is 12.0. The second-order valence-corrected chi connectivity index (χ2v) is 7.47. The van der Waals surface area contributed by atoms with Gasteiger partial charge in [0.05, 0.1) is 11.4 Å². The van der Waals surface area contributed by atoms with Crippen molar-refractivity contribution in [2.75, 3.05) is 39.5 Å². The van der Waals surface area contributed by atoms with Crippen molar-refractivity contribution in [3.63, 3.8) is 0 Å². The number of sulfonamides is 1. The lowest BCUT2D eigenvalue weighted by Crippen LogP contribution is -2.38. The van der Waals surface area contributed by atoms with E-state index < -0.39 is 10.0 Å². The minimum atomic E-state index is -3.18. The highest BCUT2D eigenvalue weighted by atomic mass is 32.2. The second kappa shape index (κ2) is 8.29. The summed E-state index contributed by atoms with van der Waals surface area (Å²) in [7, 11) is -3.18. The Hall–Kier alpha value is -0.210. The van der Waals surface area contributed by atoms with Crippen molar-refractivity contribution in [1.82, 2.24) is 10.0 Å². The van der Waals surface area contributed by atoms with Crippen LogP contribution in [0.2, 0.25) is 0 Å². The van der Waals surface area contributed by atoms with Gasteiger partial charge in [0.2, 0.25) is 10.0 Å². The van der Waals surface area contributed by atoms with Crippen LogP contribution in [0.15, 0.2) is 0 Å². The zero-order valence-electron chi connectivity index (χ0n) is 12.0. The van der Waals surface area contributed by atoms with E-state index in [1.165, 1.54) is 0 Å². The van der Waals surface area contributed by atoms with Crippen LogP contribution in [0.4, 0.5) is 0 Å². The summed E-state index contributed by atoms with van der Waals surface area (Å²) in [4.78, 5) is 0. The first-order chi connectivity index (χ1) is 9.68. The molecule has 0 bridgehead atoms. The first-order valence-corrected chi connectivity index (χ1v) is 9.11. The summed E-state index contributed by atoms with van der Waals surface area (Å²) >= 11 is 0. The molecule has 6 nitrogen and oxygen atoms in total. The summed E-state index contributed by atoms with van der Waals surface area (Å²) in [5, 5.41) is 3.00. The molecular formula is C13H26N2O4S. The predicted octanol–water partition coefficient (Wildman–Crippen LogP) is 0.244. The summed E-state index contributed by atoms with van der Waals surface area (Å²) in [5.74, 6) is 0. The van der Waals surface area contributed by atoms with Crippen LogP contribution in [-0.4, -0.2) is 59.2 Å². The molecule has 2 aliphatic heterocycles. The first kappa shape index (κ1) is 16.2. The Morgan fingerprint density at radius 3 is 2.55 bits per heavy atom. The average Bonchev–Trinajstić information content (AvgIpc) is 2.49. The Morgan fingerprint density at radius 1 is 1.15 bits per heavy atom. The molecule has 0 aromatic rings. The molecule has 0 atom stereocenters. The van der Waals surface area contributed by atoms with Crippen LogP contribution >= 0.6 is 0 Å². The van der Waals surface area contributed by atoms with Gasteiger partial charge in [0.1, 0.15) is 0 Å². The van der Waals surface area contributed by atoms with Crippen LogP contribution in [-0.2, 0) is 19.5 Å². The second-order valence-electron chi connectivity index (χ2n) is 5.42. The van der Waals surface area contributed by atoms with E-state index in [-0.39, 0.29) is 5.25 Å². The normalized spacial score (nSPS) is 23.0. The van der Waals surface area contributed by atoms with Gasteiger partial charge in [-0.25, -0.2) is 13.1 Å². The fourth-order valence-corrected chi connectivity index (χ4v) is 4.08. The molecule has 7 heteroatoms. The molecule has 2 saturated heterocycles. The van der Waals surface area contributed by atoms with Crippen LogP contribution in [0.3, 0.4) is 0 Å². The molecule has 2 aliphatic rings. The highest BCUT2D eigenvalue weighted by molar-refractivity contribution is 7.90. The molecule has 0 saturated carbocycles. The quantitative estimate of drug-likeness (QED) is 0.659. The van der Waals surface area contributed by atoms with Gasteiger partial charge in [0.25, 0.3) is 0 Å². The smallest absolute Gasteiger partial charge is 0.214 e. The van der Waals surface area contributed by atoms with Crippen LogP contribution in [0.25, 0.3) is 0 Å². The van der Waals surface area contributed by atoms with Gasteiger partial charge < -0.3 is 14.8 Å². The predicted molar refractivity (Wildman–Crippen MR) is 77.2 cm³/mol. The van der Waals surface area contributed by atoms with E-state index in [2.05, 4.69) is 10.0 Å². The van der Waals surface area contributed by atoms with Crippen LogP contribution < -0.4 is 10.0 Å². The summed E-state index contributed by atoms with van der Waals surface area (Å²) in [6.07, 6.45) is 4.36. The van der Waals surface area contributed by atoms with E-state index in [0.29, 0.717) is 45.3 Å². The van der Waals surface area contributed by atoms with Crippen molar-refractivity contribution < 1.29 is 17.9 Å². The van der Waals surface area contributed by atoms with Crippen LogP contribution in [0, 0.1) is 0 Å². The van der Waals surface area contributed by atoms with Crippen molar-refractivity contribution >= 4 is 10.0 Å². The minimum Gasteiger partial charge on any atom is -0.381 e. The van der Waals surface area contributed by atoms with Crippen molar-refractivity contribution in [1.29, 1.82) is 0 Å². The van der Waals surface area contributed by atoms with Gasteiger partial charge in [0.15, 0.2) is 0 Å². The van der Waals surface area contributed by atoms with Crippen LogP contribution in [0.5, 0.6) is 0 Å². The third kappa shape index (κ3) is 5.29. The molecule has 20 heavy (non-hydrogen) atoms. The Bertz CT molecular complexity index is 363. The molecule has 2 N–H and O–H groups in total. The monoisotopic (exact) mass is 306 g/mol. The fourth-order valence-electron chi connectivity index (χ4n) is 2.60. The van der Waals surface area contributed by atoms with Crippen LogP contribution in [0.1, 0.15) is 32.1 Å². The number of nitrogens with one attached hydrogen (secondary N) is 2. The van der Waals surface area contributed by atoms with Gasteiger partial charge in [-0.1, -0.05) is 0 Å². The third-order valence-corrected chi connectivity index (χ3v) is 5.83. The minimum absolute atomic E-state index is 0.290. The van der Waals surface area contributed by atoms with E-state index in [1.54, 1.807) is 0 Å². The topological polar surface area (TPSA) is 76.7 Å². The lowest BCUT2D eigenvalue weighted by Gasteiger charge is -2.23. The van der Waals surface area contributed by atoms with Gasteiger partial charge in [-0.2, -0.15) is 0 Å². The standard InChI is InChI=1S/C13H26N2O4S/c16-20(17,13-4-10-18-11-5-13)15-6-1-9-19-12-2-7-14-8-3-12/h12-15H,1-11H2. The molecular weight excluding hydrogens is 280 g/mol. The van der Waals surface area contributed by atoms with E-state index in [0.717, 1.165) is 32.4 Å². The molecule has 2 rings (SSSR count). The Morgan fingerprint density at radius 2 is 1.85 bits per heavy atom. The van der Waals surface area contributed by atoms with E-state index in [9.17, 15) is 8.42 Å². The largest absolute Gasteiger partial charge is 0.381 e. The van der Waals surface area contributed by atoms with Crippen molar-refractivity contribution in [3.8, 4) is 0 Å². The van der Waals surface area contributed by atoms with Crippen molar-refractivity contribution in [2.24, 2.45) is 0 Å². The molecule has 2 fully saturated rings. The molecule has 0 spiro atoms. The van der Waals surface area contributed by atoms with Crippen molar-refractivity contribution in [2.45, 2.75) is 43.5 Å². The first-order valence-electron chi connectivity index (χ1n) is 7.57. The SMILES string of the molecule is O=S(=O)(NCCCOC1CCNCC1)C1CCOCC1. The Kier molecular flexibility index (Phi) is 6.70.